The molecule has 2 aromatic rings. The third-order valence-corrected chi connectivity index (χ3v) is 5.22. The van der Waals surface area contributed by atoms with Gasteiger partial charge in [-0.2, -0.15) is 0 Å². The average Bonchev–Trinajstić information content (AvgIpc) is 3.34. The molecule has 1 saturated carbocycles. The van der Waals surface area contributed by atoms with E-state index in [-0.39, 0.29) is 17.9 Å². The highest BCUT2D eigenvalue weighted by Gasteiger charge is 2.36. The van der Waals surface area contributed by atoms with Crippen molar-refractivity contribution in [1.82, 2.24) is 10.2 Å². The van der Waals surface area contributed by atoms with Crippen molar-refractivity contribution in [2.75, 3.05) is 6.54 Å². The van der Waals surface area contributed by atoms with Gasteiger partial charge < -0.3 is 10.2 Å². The second-order valence-corrected chi connectivity index (χ2v) is 7.27. The normalized spacial score (nSPS) is 19.4. The van der Waals surface area contributed by atoms with Crippen molar-refractivity contribution in [3.8, 4) is 11.1 Å². The molecule has 1 aliphatic carbocycles. The summed E-state index contributed by atoms with van der Waals surface area (Å²) >= 11 is 0. The van der Waals surface area contributed by atoms with Crippen LogP contribution in [0.25, 0.3) is 11.1 Å². The van der Waals surface area contributed by atoms with Gasteiger partial charge in [0.05, 0.1) is 6.42 Å². The monoisotopic (exact) mass is 348 g/mol. The summed E-state index contributed by atoms with van der Waals surface area (Å²) in [5, 5.41) is 3.04. The first kappa shape index (κ1) is 16.8. The first-order chi connectivity index (χ1) is 12.7. The van der Waals surface area contributed by atoms with E-state index >= 15 is 0 Å². The van der Waals surface area contributed by atoms with Crippen molar-refractivity contribution in [2.45, 2.75) is 44.2 Å². The summed E-state index contributed by atoms with van der Waals surface area (Å²) in [5.74, 6) is 0.0729. The number of nitrogens with one attached hydrogen (secondary N) is 1. The molecule has 2 amide bonds. The van der Waals surface area contributed by atoms with Crippen LogP contribution in [0.3, 0.4) is 0 Å². The third-order valence-electron chi connectivity index (χ3n) is 5.22. The van der Waals surface area contributed by atoms with Crippen LogP contribution in [0.5, 0.6) is 0 Å². The van der Waals surface area contributed by atoms with Crippen LogP contribution in [-0.4, -0.2) is 35.3 Å². The topological polar surface area (TPSA) is 49.4 Å². The molecule has 4 rings (SSSR count). The van der Waals surface area contributed by atoms with E-state index < -0.39 is 0 Å². The van der Waals surface area contributed by atoms with E-state index in [1.165, 1.54) is 5.56 Å². The Balaban J connectivity index is 1.40. The summed E-state index contributed by atoms with van der Waals surface area (Å²) in [6.45, 7) is 0.684. The van der Waals surface area contributed by atoms with Crippen LogP contribution in [0, 0.1) is 0 Å². The van der Waals surface area contributed by atoms with Gasteiger partial charge in [-0.3, -0.25) is 9.59 Å². The number of amides is 2. The number of hydrogen-bond acceptors (Lipinski definition) is 2. The fourth-order valence-electron chi connectivity index (χ4n) is 3.58. The molecule has 0 unspecified atom stereocenters. The molecule has 1 atom stereocenters. The van der Waals surface area contributed by atoms with Gasteiger partial charge in [0.15, 0.2) is 0 Å². The summed E-state index contributed by atoms with van der Waals surface area (Å²) in [7, 11) is 0. The molecule has 1 heterocycles. The molecule has 1 aliphatic heterocycles. The average molecular weight is 348 g/mol. The van der Waals surface area contributed by atoms with Crippen LogP contribution < -0.4 is 5.32 Å². The summed E-state index contributed by atoms with van der Waals surface area (Å²) in [6.07, 6.45) is 4.17. The van der Waals surface area contributed by atoms with Crippen LogP contribution in [0.15, 0.2) is 54.6 Å². The quantitative estimate of drug-likeness (QED) is 0.902. The van der Waals surface area contributed by atoms with Gasteiger partial charge in [-0.25, -0.2) is 0 Å². The molecule has 0 radical (unpaired) electrons. The lowest BCUT2D eigenvalue weighted by Crippen LogP contribution is -2.47. The molecular weight excluding hydrogens is 324 g/mol. The molecule has 1 N–H and O–H groups in total. The molecule has 2 fully saturated rings. The Kier molecular flexibility index (Phi) is 4.74. The van der Waals surface area contributed by atoms with Crippen LogP contribution in [0.2, 0.25) is 0 Å². The predicted molar refractivity (Wildman–Crippen MR) is 101 cm³/mol. The number of benzene rings is 2. The highest BCUT2D eigenvalue weighted by molar-refractivity contribution is 5.89. The maximum Gasteiger partial charge on any atom is 0.243 e. The number of carbonyl (C=O) groups excluding carboxylic acids is 2. The summed E-state index contributed by atoms with van der Waals surface area (Å²) < 4.78 is 0. The van der Waals surface area contributed by atoms with E-state index in [2.05, 4.69) is 29.6 Å². The SMILES string of the molecule is O=C(NC1CC1)[C@H]1CCCN1C(=O)Cc1ccc(-c2ccccc2)cc1. The lowest BCUT2D eigenvalue weighted by Gasteiger charge is -2.24. The fourth-order valence-corrected chi connectivity index (χ4v) is 3.58. The van der Waals surface area contributed by atoms with E-state index in [4.69, 9.17) is 0 Å². The first-order valence-electron chi connectivity index (χ1n) is 9.45. The highest BCUT2D eigenvalue weighted by atomic mass is 16.2. The minimum absolute atomic E-state index is 0.0257. The van der Waals surface area contributed by atoms with Gasteiger partial charge in [0.2, 0.25) is 11.8 Å². The lowest BCUT2D eigenvalue weighted by atomic mass is 10.0. The van der Waals surface area contributed by atoms with Crippen molar-refractivity contribution in [3.63, 3.8) is 0 Å². The number of nitrogens with zero attached hydrogens (tertiary/aromatic N) is 1. The molecule has 0 bridgehead atoms. The molecule has 0 spiro atoms. The second-order valence-electron chi connectivity index (χ2n) is 7.27. The maximum absolute atomic E-state index is 12.7. The van der Waals surface area contributed by atoms with E-state index in [0.717, 1.165) is 36.8 Å². The number of hydrogen-bond donors (Lipinski definition) is 1. The fraction of sp³-hybridized carbons (Fsp3) is 0.364. The molecule has 134 valence electrons. The molecule has 26 heavy (non-hydrogen) atoms. The molecular formula is C22H24N2O2. The van der Waals surface area contributed by atoms with Crippen molar-refractivity contribution >= 4 is 11.8 Å². The van der Waals surface area contributed by atoms with Crippen LogP contribution in [-0.2, 0) is 16.0 Å². The molecule has 4 nitrogen and oxygen atoms in total. The predicted octanol–water partition coefficient (Wildman–Crippen LogP) is 3.17. The van der Waals surface area contributed by atoms with Gasteiger partial charge in [0, 0.05) is 12.6 Å². The number of carbonyl (C=O) groups is 2. The molecule has 2 aliphatic rings. The smallest absolute Gasteiger partial charge is 0.243 e. The van der Waals surface area contributed by atoms with Crippen LogP contribution in [0.4, 0.5) is 0 Å². The van der Waals surface area contributed by atoms with Gasteiger partial charge in [0.1, 0.15) is 6.04 Å². The largest absolute Gasteiger partial charge is 0.352 e. The first-order valence-corrected chi connectivity index (χ1v) is 9.45. The molecule has 2 aromatic carbocycles. The summed E-state index contributed by atoms with van der Waals surface area (Å²) in [5.41, 5.74) is 3.30. The summed E-state index contributed by atoms with van der Waals surface area (Å²) in [6, 6.07) is 18.4. The molecule has 4 heteroatoms. The van der Waals surface area contributed by atoms with Crippen molar-refractivity contribution in [1.29, 1.82) is 0 Å². The third kappa shape index (κ3) is 3.79. The van der Waals surface area contributed by atoms with Crippen LogP contribution in [0.1, 0.15) is 31.2 Å². The zero-order chi connectivity index (χ0) is 17.9. The second kappa shape index (κ2) is 7.32. The lowest BCUT2D eigenvalue weighted by molar-refractivity contribution is -0.138. The van der Waals surface area contributed by atoms with Crippen LogP contribution >= 0.6 is 0 Å². The van der Waals surface area contributed by atoms with Gasteiger partial charge in [0.25, 0.3) is 0 Å². The standard InChI is InChI=1S/C22H24N2O2/c25-21(24-14-4-7-20(24)22(26)23-19-12-13-19)15-16-8-10-18(11-9-16)17-5-2-1-3-6-17/h1-3,5-6,8-11,19-20H,4,7,12-15H2,(H,23,26)/t20-/m1/s1. The Morgan fingerprint density at radius 1 is 0.923 bits per heavy atom. The van der Waals surface area contributed by atoms with E-state index in [0.29, 0.717) is 19.0 Å². The van der Waals surface area contributed by atoms with Crippen molar-refractivity contribution in [3.05, 3.63) is 60.2 Å². The Morgan fingerprint density at radius 2 is 1.62 bits per heavy atom. The number of likely N-dealkylation sites (tertiary alicyclic amines) is 1. The van der Waals surface area contributed by atoms with E-state index in [1.807, 2.05) is 30.3 Å². The van der Waals surface area contributed by atoms with Gasteiger partial charge in [-0.15, -0.1) is 0 Å². The van der Waals surface area contributed by atoms with E-state index in [1.54, 1.807) is 4.90 Å². The van der Waals surface area contributed by atoms with Gasteiger partial charge >= 0.3 is 0 Å². The van der Waals surface area contributed by atoms with Gasteiger partial charge in [-0.05, 0) is 42.4 Å². The van der Waals surface area contributed by atoms with Gasteiger partial charge in [-0.1, -0.05) is 54.6 Å². The minimum atomic E-state index is -0.285. The zero-order valence-corrected chi connectivity index (χ0v) is 14.9. The van der Waals surface area contributed by atoms with E-state index in [9.17, 15) is 9.59 Å². The summed E-state index contributed by atoms with van der Waals surface area (Å²) in [4.78, 5) is 26.9. The molecule has 1 saturated heterocycles. The Morgan fingerprint density at radius 3 is 2.31 bits per heavy atom. The maximum atomic E-state index is 12.7. The van der Waals surface area contributed by atoms with Crippen molar-refractivity contribution in [2.24, 2.45) is 0 Å². The Hall–Kier alpha value is -2.62. The Labute approximate surface area is 154 Å². The highest BCUT2D eigenvalue weighted by Crippen LogP contribution is 2.24. The Bertz CT molecular complexity index is 782. The number of rotatable bonds is 5. The zero-order valence-electron chi connectivity index (χ0n) is 14.9. The molecule has 0 aromatic heterocycles. The minimum Gasteiger partial charge on any atom is -0.352 e. The van der Waals surface area contributed by atoms with Crippen molar-refractivity contribution < 1.29 is 9.59 Å².